The highest BCUT2D eigenvalue weighted by molar-refractivity contribution is 8.00. The Balaban J connectivity index is 1.28. The summed E-state index contributed by atoms with van der Waals surface area (Å²) in [6.07, 6.45) is 2.17. The van der Waals surface area contributed by atoms with Gasteiger partial charge in [-0.1, -0.05) is 30.0 Å². The van der Waals surface area contributed by atoms with Crippen molar-refractivity contribution in [2.75, 3.05) is 5.32 Å². The molecular weight excluding hydrogens is 480 g/mol. The van der Waals surface area contributed by atoms with Crippen LogP contribution in [-0.4, -0.2) is 35.8 Å². The zero-order valence-corrected chi connectivity index (χ0v) is 19.8. The monoisotopic (exact) mass is 498 g/mol. The number of amides is 1. The minimum absolute atomic E-state index is 0.00204. The van der Waals surface area contributed by atoms with E-state index in [0.29, 0.717) is 22.4 Å². The van der Waals surface area contributed by atoms with E-state index in [0.717, 1.165) is 28.7 Å². The number of nitrogens with zero attached hydrogens (tertiary/aromatic N) is 5. The van der Waals surface area contributed by atoms with Crippen LogP contribution in [0.5, 0.6) is 0 Å². The quantitative estimate of drug-likeness (QED) is 0.194. The van der Waals surface area contributed by atoms with Crippen molar-refractivity contribution >= 4 is 51.2 Å². The van der Waals surface area contributed by atoms with Crippen molar-refractivity contribution in [2.24, 2.45) is 0 Å². The summed E-state index contributed by atoms with van der Waals surface area (Å²) in [7, 11) is 0. The van der Waals surface area contributed by atoms with E-state index in [1.54, 1.807) is 28.8 Å². The number of nitrogens with one attached hydrogen (secondary N) is 1. The summed E-state index contributed by atoms with van der Waals surface area (Å²) >= 11 is 4.28. The van der Waals surface area contributed by atoms with Crippen LogP contribution in [0.4, 0.5) is 10.8 Å². The first-order valence-electron chi connectivity index (χ1n) is 10.2. The highest BCUT2D eigenvalue weighted by Gasteiger charge is 2.32. The summed E-state index contributed by atoms with van der Waals surface area (Å²) in [5, 5.41) is 27.2. The fraction of sp³-hybridized carbons (Fsp3) is 0.238. The molecule has 0 radical (unpaired) electrons. The van der Waals surface area contributed by atoms with E-state index in [-0.39, 0.29) is 11.6 Å². The van der Waals surface area contributed by atoms with Gasteiger partial charge in [-0.25, -0.2) is 4.98 Å². The molecule has 1 amide bonds. The number of aromatic nitrogens is 4. The van der Waals surface area contributed by atoms with E-state index in [9.17, 15) is 14.9 Å². The van der Waals surface area contributed by atoms with Gasteiger partial charge in [0, 0.05) is 29.1 Å². The second-order valence-corrected chi connectivity index (χ2v) is 10.6. The third-order valence-electron chi connectivity index (χ3n) is 5.06. The number of nitro groups is 1. The van der Waals surface area contributed by atoms with Gasteiger partial charge >= 0.3 is 0 Å². The maximum Gasteiger partial charge on any atom is 0.270 e. The van der Waals surface area contributed by atoms with Gasteiger partial charge in [0.1, 0.15) is 0 Å². The average Bonchev–Trinajstić information content (AvgIpc) is 3.20. The number of benzene rings is 1. The number of nitro benzene ring substituents is 1. The molecule has 33 heavy (non-hydrogen) atoms. The number of rotatable bonds is 8. The predicted molar refractivity (Wildman–Crippen MR) is 130 cm³/mol. The molecule has 3 aromatic heterocycles. The Labute approximate surface area is 201 Å². The molecule has 1 saturated carbocycles. The number of thiazole rings is 1. The van der Waals surface area contributed by atoms with Crippen LogP contribution in [0, 0.1) is 10.1 Å². The van der Waals surface area contributed by atoms with E-state index in [1.807, 2.05) is 24.4 Å². The Morgan fingerprint density at radius 1 is 1.27 bits per heavy atom. The molecular formula is C21H18N6O3S3. The lowest BCUT2D eigenvalue weighted by molar-refractivity contribution is -0.384. The first-order valence-corrected chi connectivity index (χ1v) is 12.8. The second-order valence-electron chi connectivity index (χ2n) is 7.48. The molecule has 1 aromatic carbocycles. The van der Waals surface area contributed by atoms with Gasteiger partial charge < -0.3 is 5.32 Å². The maximum atomic E-state index is 12.8. The summed E-state index contributed by atoms with van der Waals surface area (Å²) in [4.78, 5) is 28.9. The highest BCUT2D eigenvalue weighted by Crippen LogP contribution is 2.42. The molecule has 0 bridgehead atoms. The van der Waals surface area contributed by atoms with Gasteiger partial charge in [-0.05, 0) is 31.2 Å². The van der Waals surface area contributed by atoms with Crippen LogP contribution in [0.1, 0.15) is 25.8 Å². The first-order chi connectivity index (χ1) is 16.0. The fourth-order valence-electron chi connectivity index (χ4n) is 3.25. The number of anilines is 1. The van der Waals surface area contributed by atoms with Crippen LogP contribution >= 0.6 is 34.4 Å². The minimum Gasteiger partial charge on any atom is -0.301 e. The number of thioether (sulfide) groups is 1. The molecule has 168 valence electrons. The lowest BCUT2D eigenvalue weighted by Gasteiger charge is -2.12. The molecule has 0 saturated heterocycles. The van der Waals surface area contributed by atoms with Crippen LogP contribution in [0.2, 0.25) is 0 Å². The molecule has 4 aromatic rings. The third-order valence-corrected chi connectivity index (χ3v) is 7.74. The number of carbonyl (C=O) groups is 1. The summed E-state index contributed by atoms with van der Waals surface area (Å²) in [5.41, 5.74) is 1.20. The molecule has 12 heteroatoms. The van der Waals surface area contributed by atoms with Crippen molar-refractivity contribution in [3.63, 3.8) is 0 Å². The Bertz CT molecular complexity index is 1310. The highest BCUT2D eigenvalue weighted by atomic mass is 32.2. The first kappa shape index (κ1) is 21.7. The summed E-state index contributed by atoms with van der Waals surface area (Å²) in [5.74, 6) is 0.659. The Hall–Kier alpha value is -3.09. The number of hydrogen-bond acceptors (Lipinski definition) is 9. The lowest BCUT2D eigenvalue weighted by Crippen LogP contribution is -2.22. The Morgan fingerprint density at radius 3 is 2.85 bits per heavy atom. The number of carbonyl (C=O) groups excluding carboxylic acids is 1. The van der Waals surface area contributed by atoms with E-state index in [4.69, 9.17) is 0 Å². The Kier molecular flexibility index (Phi) is 5.96. The standard InChI is InChI=1S/C21H18N6O3S3/c1-12(33-21-25-24-18(17-6-3-9-31-17)26(21)14-7-8-14)19(28)23-20-22-16(11-32-20)13-4-2-5-15(10-13)27(29)30/h2-6,9-12,14H,7-8H2,1H3,(H,22,23,28)/t12-/m0/s1. The topological polar surface area (TPSA) is 116 Å². The minimum atomic E-state index is -0.443. The lowest BCUT2D eigenvalue weighted by atomic mass is 10.1. The molecule has 0 spiro atoms. The van der Waals surface area contributed by atoms with Crippen LogP contribution in [0.25, 0.3) is 22.0 Å². The summed E-state index contributed by atoms with van der Waals surface area (Å²) in [6, 6.07) is 10.7. The maximum absolute atomic E-state index is 12.8. The molecule has 0 unspecified atom stereocenters. The van der Waals surface area contributed by atoms with Gasteiger partial charge in [-0.2, -0.15) is 0 Å². The van der Waals surface area contributed by atoms with Gasteiger partial charge in [0.2, 0.25) is 5.91 Å². The molecule has 1 N–H and O–H groups in total. The number of non-ortho nitro benzene ring substituents is 1. The molecule has 3 heterocycles. The van der Waals surface area contributed by atoms with Crippen molar-refractivity contribution in [1.82, 2.24) is 19.7 Å². The van der Waals surface area contributed by atoms with E-state index in [1.165, 1.54) is 35.2 Å². The van der Waals surface area contributed by atoms with Crippen molar-refractivity contribution in [3.8, 4) is 22.0 Å². The average molecular weight is 499 g/mol. The van der Waals surface area contributed by atoms with Gasteiger partial charge in [0.25, 0.3) is 5.69 Å². The van der Waals surface area contributed by atoms with Crippen molar-refractivity contribution in [1.29, 1.82) is 0 Å². The summed E-state index contributed by atoms with van der Waals surface area (Å²) in [6.45, 7) is 1.83. The van der Waals surface area contributed by atoms with Crippen LogP contribution < -0.4 is 5.32 Å². The normalized spacial score (nSPS) is 14.2. The number of hydrogen-bond donors (Lipinski definition) is 1. The molecule has 1 aliphatic carbocycles. The smallest absolute Gasteiger partial charge is 0.270 e. The largest absolute Gasteiger partial charge is 0.301 e. The van der Waals surface area contributed by atoms with Gasteiger partial charge in [0.15, 0.2) is 16.1 Å². The zero-order chi connectivity index (χ0) is 22.9. The molecule has 1 fully saturated rings. The van der Waals surface area contributed by atoms with Crippen LogP contribution in [0.3, 0.4) is 0 Å². The van der Waals surface area contributed by atoms with Gasteiger partial charge in [-0.3, -0.25) is 19.5 Å². The third kappa shape index (κ3) is 4.68. The van der Waals surface area contributed by atoms with E-state index >= 15 is 0 Å². The number of thiophene rings is 1. The molecule has 9 nitrogen and oxygen atoms in total. The molecule has 0 aliphatic heterocycles. The summed E-state index contributed by atoms with van der Waals surface area (Å²) < 4.78 is 2.14. The van der Waals surface area contributed by atoms with Crippen molar-refractivity contribution in [3.05, 3.63) is 57.3 Å². The van der Waals surface area contributed by atoms with Gasteiger partial charge in [-0.15, -0.1) is 32.9 Å². The van der Waals surface area contributed by atoms with E-state index in [2.05, 4.69) is 25.1 Å². The van der Waals surface area contributed by atoms with Gasteiger partial charge in [0.05, 0.1) is 20.7 Å². The SMILES string of the molecule is C[C@H](Sc1nnc(-c2cccs2)n1C1CC1)C(=O)Nc1nc(-c2cccc([N+](=O)[O-])c2)cs1. The predicted octanol–water partition coefficient (Wildman–Crippen LogP) is 5.49. The zero-order valence-electron chi connectivity index (χ0n) is 17.4. The second kappa shape index (κ2) is 9.04. The van der Waals surface area contributed by atoms with Crippen molar-refractivity contribution < 1.29 is 9.72 Å². The molecule has 1 aliphatic rings. The van der Waals surface area contributed by atoms with Crippen LogP contribution in [-0.2, 0) is 4.79 Å². The van der Waals surface area contributed by atoms with E-state index < -0.39 is 10.2 Å². The fourth-order valence-corrected chi connectivity index (χ4v) is 5.60. The Morgan fingerprint density at radius 2 is 2.12 bits per heavy atom. The molecule has 1 atom stereocenters. The van der Waals surface area contributed by atoms with Crippen molar-refractivity contribution in [2.45, 2.75) is 36.2 Å². The van der Waals surface area contributed by atoms with Crippen LogP contribution in [0.15, 0.2) is 52.3 Å². The molecule has 5 rings (SSSR count).